The largest absolute Gasteiger partial charge is 0.269 e. The average molecular weight is 376 g/mol. The second-order valence-corrected chi connectivity index (χ2v) is 8.14. The van der Waals surface area contributed by atoms with Gasteiger partial charge < -0.3 is 0 Å². The molecular weight excluding hydrogens is 357 g/mol. The van der Waals surface area contributed by atoms with E-state index < -0.39 is 10.0 Å². The van der Waals surface area contributed by atoms with Gasteiger partial charge in [-0.25, -0.2) is 13.1 Å². The lowest BCUT2D eigenvalue weighted by Crippen LogP contribution is -2.30. The van der Waals surface area contributed by atoms with Gasteiger partial charge in [0.2, 0.25) is 10.0 Å². The van der Waals surface area contributed by atoms with Crippen molar-refractivity contribution in [2.24, 2.45) is 5.92 Å². The van der Waals surface area contributed by atoms with E-state index in [9.17, 15) is 8.42 Å². The summed E-state index contributed by atoms with van der Waals surface area (Å²) in [5.41, 5.74) is 2.00. The number of aryl methyl sites for hydroxylation is 2. The Morgan fingerprint density at radius 2 is 2.00 bits per heavy atom. The van der Waals surface area contributed by atoms with Crippen LogP contribution >= 0.6 is 23.2 Å². The van der Waals surface area contributed by atoms with Crippen molar-refractivity contribution in [2.75, 3.05) is 6.54 Å². The third-order valence-electron chi connectivity index (χ3n) is 3.42. The van der Waals surface area contributed by atoms with E-state index in [0.29, 0.717) is 6.54 Å². The van der Waals surface area contributed by atoms with E-state index in [2.05, 4.69) is 9.82 Å². The molecule has 2 aromatic rings. The predicted octanol–water partition coefficient (Wildman–Crippen LogP) is 3.42. The molecule has 0 aliphatic rings. The number of hydrogen-bond acceptors (Lipinski definition) is 3. The minimum atomic E-state index is -3.70. The molecule has 0 radical (unpaired) electrons. The fraction of sp³-hybridized carbons (Fsp3) is 0.400. The van der Waals surface area contributed by atoms with E-state index in [1.165, 1.54) is 6.07 Å². The van der Waals surface area contributed by atoms with E-state index in [-0.39, 0.29) is 27.4 Å². The molecule has 126 valence electrons. The Kier molecular flexibility index (Phi) is 5.73. The van der Waals surface area contributed by atoms with Crippen molar-refractivity contribution in [3.8, 4) is 0 Å². The van der Waals surface area contributed by atoms with Crippen LogP contribution < -0.4 is 4.72 Å². The summed E-state index contributed by atoms with van der Waals surface area (Å²) < 4.78 is 29.2. The predicted molar refractivity (Wildman–Crippen MR) is 92.5 cm³/mol. The van der Waals surface area contributed by atoms with Crippen LogP contribution in [0.15, 0.2) is 29.2 Å². The van der Waals surface area contributed by atoms with Crippen LogP contribution in [-0.4, -0.2) is 24.7 Å². The van der Waals surface area contributed by atoms with Crippen molar-refractivity contribution in [1.29, 1.82) is 0 Å². The van der Waals surface area contributed by atoms with Gasteiger partial charge in [-0.05, 0) is 38.0 Å². The van der Waals surface area contributed by atoms with Gasteiger partial charge in [0.25, 0.3) is 0 Å². The zero-order valence-electron chi connectivity index (χ0n) is 13.2. The Hall–Kier alpha value is -1.08. The summed E-state index contributed by atoms with van der Waals surface area (Å²) in [5.74, 6) is 0.0701. The Morgan fingerprint density at radius 3 is 2.61 bits per heavy atom. The molecule has 1 N–H and O–H groups in total. The summed E-state index contributed by atoms with van der Waals surface area (Å²) in [6.07, 6.45) is 0. The monoisotopic (exact) mass is 375 g/mol. The quantitative estimate of drug-likeness (QED) is 0.840. The number of halogens is 2. The lowest BCUT2D eigenvalue weighted by molar-refractivity contribution is 0.436. The van der Waals surface area contributed by atoms with Crippen LogP contribution in [0.1, 0.15) is 18.3 Å². The van der Waals surface area contributed by atoms with E-state index in [0.717, 1.165) is 11.4 Å². The third-order valence-corrected chi connectivity index (χ3v) is 5.81. The Morgan fingerprint density at radius 1 is 1.30 bits per heavy atom. The maximum absolute atomic E-state index is 12.4. The summed E-state index contributed by atoms with van der Waals surface area (Å²) in [6.45, 7) is 6.77. The van der Waals surface area contributed by atoms with Gasteiger partial charge in [-0.15, -0.1) is 0 Å². The van der Waals surface area contributed by atoms with Crippen LogP contribution in [0.5, 0.6) is 0 Å². The summed E-state index contributed by atoms with van der Waals surface area (Å²) in [7, 11) is -3.70. The Balaban J connectivity index is 2.04. The van der Waals surface area contributed by atoms with Crippen molar-refractivity contribution < 1.29 is 8.42 Å². The summed E-state index contributed by atoms with van der Waals surface area (Å²) >= 11 is 11.9. The molecule has 8 heteroatoms. The van der Waals surface area contributed by atoms with Crippen molar-refractivity contribution in [3.63, 3.8) is 0 Å². The van der Waals surface area contributed by atoms with Gasteiger partial charge in [0.1, 0.15) is 4.90 Å². The van der Waals surface area contributed by atoms with E-state index in [1.807, 2.05) is 31.5 Å². The number of rotatable bonds is 6. The molecule has 0 spiro atoms. The third kappa shape index (κ3) is 4.47. The maximum Gasteiger partial charge on any atom is 0.242 e. The number of hydrogen-bond donors (Lipinski definition) is 1. The Bertz CT molecular complexity index is 803. The number of benzene rings is 1. The summed E-state index contributed by atoms with van der Waals surface area (Å²) in [4.78, 5) is -0.00928. The fourth-order valence-corrected chi connectivity index (χ4v) is 4.17. The number of nitrogens with one attached hydrogen (secondary N) is 1. The highest BCUT2D eigenvalue weighted by Crippen LogP contribution is 2.28. The highest BCUT2D eigenvalue weighted by molar-refractivity contribution is 7.89. The molecule has 1 atom stereocenters. The van der Waals surface area contributed by atoms with Gasteiger partial charge in [0, 0.05) is 18.8 Å². The minimum Gasteiger partial charge on any atom is -0.269 e. The standard InChI is InChI=1S/C15H19Cl2N3O2S/c1-10(9-20-12(3)7-11(2)19-20)8-18-23(21,22)14-6-4-5-13(16)15(14)17/h4-7,10,18H,8-9H2,1-3H3/t10-/m0/s1. The molecular formula is C15H19Cl2N3O2S. The second-order valence-electron chi connectivity index (χ2n) is 5.62. The van der Waals surface area contributed by atoms with Gasteiger partial charge in [0.05, 0.1) is 15.7 Å². The highest BCUT2D eigenvalue weighted by Gasteiger charge is 2.20. The van der Waals surface area contributed by atoms with Gasteiger partial charge in [-0.1, -0.05) is 36.2 Å². The van der Waals surface area contributed by atoms with E-state index in [4.69, 9.17) is 23.2 Å². The van der Waals surface area contributed by atoms with Crippen LogP contribution in [0.4, 0.5) is 0 Å². The van der Waals surface area contributed by atoms with Crippen molar-refractivity contribution in [2.45, 2.75) is 32.2 Å². The molecule has 1 aromatic heterocycles. The first-order chi connectivity index (χ1) is 10.7. The summed E-state index contributed by atoms with van der Waals surface area (Å²) in [6, 6.07) is 6.53. The van der Waals surface area contributed by atoms with E-state index >= 15 is 0 Å². The number of nitrogens with zero attached hydrogens (tertiary/aromatic N) is 2. The second kappa shape index (κ2) is 7.21. The van der Waals surface area contributed by atoms with Crippen LogP contribution in [-0.2, 0) is 16.6 Å². The van der Waals surface area contributed by atoms with Gasteiger partial charge >= 0.3 is 0 Å². The molecule has 5 nitrogen and oxygen atoms in total. The van der Waals surface area contributed by atoms with Crippen molar-refractivity contribution in [1.82, 2.24) is 14.5 Å². The SMILES string of the molecule is Cc1cc(C)n(C[C@@H](C)CNS(=O)(=O)c2cccc(Cl)c2Cl)n1. The zero-order chi connectivity index (χ0) is 17.2. The van der Waals surface area contributed by atoms with Gasteiger partial charge in [0.15, 0.2) is 0 Å². The summed E-state index contributed by atoms with van der Waals surface area (Å²) in [5, 5.41) is 4.63. The molecule has 0 aliphatic carbocycles. The lowest BCUT2D eigenvalue weighted by Gasteiger charge is -2.15. The van der Waals surface area contributed by atoms with Crippen LogP contribution in [0.25, 0.3) is 0 Å². The van der Waals surface area contributed by atoms with Crippen LogP contribution in [0, 0.1) is 19.8 Å². The maximum atomic E-state index is 12.4. The average Bonchev–Trinajstić information content (AvgIpc) is 2.77. The molecule has 1 aromatic carbocycles. The number of aromatic nitrogens is 2. The van der Waals surface area contributed by atoms with Gasteiger partial charge in [-0.2, -0.15) is 5.10 Å². The normalized spacial score (nSPS) is 13.3. The topological polar surface area (TPSA) is 64.0 Å². The molecule has 0 unspecified atom stereocenters. The van der Waals surface area contributed by atoms with Crippen LogP contribution in [0.3, 0.4) is 0 Å². The van der Waals surface area contributed by atoms with Crippen molar-refractivity contribution >= 4 is 33.2 Å². The first-order valence-electron chi connectivity index (χ1n) is 7.15. The number of sulfonamides is 1. The first kappa shape index (κ1) is 18.3. The molecule has 2 rings (SSSR count). The first-order valence-corrected chi connectivity index (χ1v) is 9.39. The van der Waals surface area contributed by atoms with Gasteiger partial charge in [-0.3, -0.25) is 4.68 Å². The molecule has 23 heavy (non-hydrogen) atoms. The molecule has 0 fully saturated rings. The highest BCUT2D eigenvalue weighted by atomic mass is 35.5. The van der Waals surface area contributed by atoms with Crippen LogP contribution in [0.2, 0.25) is 10.0 Å². The molecule has 0 saturated heterocycles. The van der Waals surface area contributed by atoms with Crippen molar-refractivity contribution in [3.05, 3.63) is 45.7 Å². The minimum absolute atomic E-state index is 0.00928. The molecule has 1 heterocycles. The smallest absolute Gasteiger partial charge is 0.242 e. The molecule has 0 aliphatic heterocycles. The molecule has 0 amide bonds. The molecule has 0 saturated carbocycles. The lowest BCUT2D eigenvalue weighted by atomic mass is 10.2. The van der Waals surface area contributed by atoms with E-state index in [1.54, 1.807) is 12.1 Å². The fourth-order valence-electron chi connectivity index (χ4n) is 2.24. The Labute approximate surface area is 146 Å². The molecule has 0 bridgehead atoms. The zero-order valence-corrected chi connectivity index (χ0v) is 15.5.